The molecule has 0 bridgehead atoms. The molecule has 4 heteroatoms. The van der Waals surface area contributed by atoms with Gasteiger partial charge in [-0.2, -0.15) is 0 Å². The lowest BCUT2D eigenvalue weighted by atomic mass is 10.2. The summed E-state index contributed by atoms with van der Waals surface area (Å²) in [7, 11) is 1.64. The smallest absolute Gasteiger partial charge is 0.146 e. The highest BCUT2D eigenvalue weighted by Crippen LogP contribution is 2.34. The summed E-state index contributed by atoms with van der Waals surface area (Å²) in [5.41, 5.74) is 1.02. The molecule has 0 saturated carbocycles. The van der Waals surface area contributed by atoms with Crippen LogP contribution in [0.1, 0.15) is 6.92 Å². The molecular weight excluding hydrogens is 206 g/mol. The van der Waals surface area contributed by atoms with Crippen LogP contribution in [0.3, 0.4) is 0 Å². The summed E-state index contributed by atoms with van der Waals surface area (Å²) in [6.45, 7) is 3.87. The van der Waals surface area contributed by atoms with Gasteiger partial charge in [-0.15, -0.1) is 0 Å². The molecule has 1 aromatic carbocycles. The van der Waals surface area contributed by atoms with Crippen molar-refractivity contribution >= 4 is 5.69 Å². The lowest BCUT2D eigenvalue weighted by molar-refractivity contribution is 0.194. The maximum atomic E-state index is 9.42. The number of ether oxygens (including phenoxy) is 2. The summed E-state index contributed by atoms with van der Waals surface area (Å²) in [5.74, 6) is 1.61. The number of nitrogens with zero attached hydrogens (tertiary/aromatic N) is 1. The Bertz CT molecular complexity index is 365. The van der Waals surface area contributed by atoms with Crippen molar-refractivity contribution in [2.24, 2.45) is 0 Å². The van der Waals surface area contributed by atoms with E-state index in [1.165, 1.54) is 0 Å². The van der Waals surface area contributed by atoms with Crippen molar-refractivity contribution in [2.45, 2.75) is 13.0 Å². The average Bonchev–Trinajstić information content (AvgIpc) is 2.28. The predicted octanol–water partition coefficient (Wildman–Crippen LogP) is 1.27. The lowest BCUT2D eigenvalue weighted by Crippen LogP contribution is -2.37. The molecule has 0 aromatic heterocycles. The number of aliphatic hydroxyl groups is 1. The van der Waals surface area contributed by atoms with E-state index in [4.69, 9.17) is 9.47 Å². The summed E-state index contributed by atoms with van der Waals surface area (Å²) >= 11 is 0. The van der Waals surface area contributed by atoms with E-state index in [-0.39, 0.29) is 6.10 Å². The molecular formula is C12H17NO3. The summed E-state index contributed by atoms with van der Waals surface area (Å²) < 4.78 is 10.7. The standard InChI is InChI=1S/C12H17NO3/c1-9(14)8-13-5-6-16-12-7-10(15-2)3-4-11(12)13/h3-4,7,9,14H,5-6,8H2,1-2H3. The van der Waals surface area contributed by atoms with E-state index in [1.54, 1.807) is 14.0 Å². The highest BCUT2D eigenvalue weighted by atomic mass is 16.5. The van der Waals surface area contributed by atoms with Crippen LogP contribution >= 0.6 is 0 Å². The van der Waals surface area contributed by atoms with Crippen LogP contribution in [0.2, 0.25) is 0 Å². The number of methoxy groups -OCH3 is 1. The fraction of sp³-hybridized carbons (Fsp3) is 0.500. The normalized spacial score (nSPS) is 16.3. The molecule has 0 aliphatic carbocycles. The van der Waals surface area contributed by atoms with Gasteiger partial charge in [-0.3, -0.25) is 0 Å². The average molecular weight is 223 g/mol. The largest absolute Gasteiger partial charge is 0.497 e. The number of hydrogen-bond donors (Lipinski definition) is 1. The van der Waals surface area contributed by atoms with Gasteiger partial charge in [-0.25, -0.2) is 0 Å². The maximum absolute atomic E-state index is 9.42. The van der Waals surface area contributed by atoms with E-state index in [1.807, 2.05) is 18.2 Å². The van der Waals surface area contributed by atoms with Crippen molar-refractivity contribution in [3.05, 3.63) is 18.2 Å². The molecule has 1 heterocycles. The van der Waals surface area contributed by atoms with Gasteiger partial charge in [-0.1, -0.05) is 0 Å². The van der Waals surface area contributed by atoms with Crippen molar-refractivity contribution in [2.75, 3.05) is 31.7 Å². The van der Waals surface area contributed by atoms with E-state index < -0.39 is 0 Å². The van der Waals surface area contributed by atoms with Crippen molar-refractivity contribution < 1.29 is 14.6 Å². The molecule has 0 amide bonds. The van der Waals surface area contributed by atoms with Crippen LogP contribution in [0, 0.1) is 0 Å². The third kappa shape index (κ3) is 2.22. The first-order valence-electron chi connectivity index (χ1n) is 5.44. The van der Waals surface area contributed by atoms with Gasteiger partial charge in [0.05, 0.1) is 25.4 Å². The Morgan fingerprint density at radius 1 is 1.56 bits per heavy atom. The summed E-state index contributed by atoms with van der Waals surface area (Å²) in [5, 5.41) is 9.42. The Labute approximate surface area is 95.4 Å². The quantitative estimate of drug-likeness (QED) is 0.838. The fourth-order valence-electron chi connectivity index (χ4n) is 1.89. The van der Waals surface area contributed by atoms with Crippen LogP contribution in [0.5, 0.6) is 11.5 Å². The second-order valence-electron chi connectivity index (χ2n) is 3.98. The van der Waals surface area contributed by atoms with Crippen LogP contribution < -0.4 is 14.4 Å². The number of aliphatic hydroxyl groups excluding tert-OH is 1. The van der Waals surface area contributed by atoms with Gasteiger partial charge in [0.15, 0.2) is 0 Å². The number of β-amino-alcohol motifs (C(OH)–C–C–N with tert-alkyl or cyclic N) is 1. The van der Waals surface area contributed by atoms with Crippen molar-refractivity contribution in [1.29, 1.82) is 0 Å². The van der Waals surface area contributed by atoms with E-state index in [2.05, 4.69) is 4.90 Å². The van der Waals surface area contributed by atoms with Gasteiger partial charge in [-0.05, 0) is 19.1 Å². The monoisotopic (exact) mass is 223 g/mol. The van der Waals surface area contributed by atoms with Gasteiger partial charge in [0, 0.05) is 12.6 Å². The molecule has 0 spiro atoms. The second-order valence-corrected chi connectivity index (χ2v) is 3.98. The minimum absolute atomic E-state index is 0.340. The van der Waals surface area contributed by atoms with E-state index >= 15 is 0 Å². The van der Waals surface area contributed by atoms with Crippen LogP contribution in [0.15, 0.2) is 18.2 Å². The zero-order valence-electron chi connectivity index (χ0n) is 9.64. The molecule has 0 fully saturated rings. The van der Waals surface area contributed by atoms with Gasteiger partial charge < -0.3 is 19.5 Å². The number of rotatable bonds is 3. The number of fused-ring (bicyclic) bond motifs is 1. The van der Waals surface area contributed by atoms with Crippen LogP contribution in [-0.4, -0.2) is 38.0 Å². The molecule has 1 atom stereocenters. The Morgan fingerprint density at radius 2 is 2.38 bits per heavy atom. The zero-order chi connectivity index (χ0) is 11.5. The molecule has 2 rings (SSSR count). The Kier molecular flexibility index (Phi) is 3.19. The van der Waals surface area contributed by atoms with Crippen LogP contribution in [0.25, 0.3) is 0 Å². The predicted molar refractivity (Wildman–Crippen MR) is 62.4 cm³/mol. The first-order chi connectivity index (χ1) is 7.70. The summed E-state index contributed by atoms with van der Waals surface area (Å²) in [6, 6.07) is 5.75. The lowest BCUT2D eigenvalue weighted by Gasteiger charge is -2.32. The topological polar surface area (TPSA) is 41.9 Å². The zero-order valence-corrected chi connectivity index (χ0v) is 9.64. The molecule has 1 N–H and O–H groups in total. The maximum Gasteiger partial charge on any atom is 0.146 e. The second kappa shape index (κ2) is 4.61. The number of hydrogen-bond acceptors (Lipinski definition) is 4. The molecule has 4 nitrogen and oxygen atoms in total. The van der Waals surface area contributed by atoms with Gasteiger partial charge >= 0.3 is 0 Å². The summed E-state index contributed by atoms with van der Waals surface area (Å²) in [6.07, 6.45) is -0.340. The third-order valence-electron chi connectivity index (χ3n) is 2.61. The third-order valence-corrected chi connectivity index (χ3v) is 2.61. The molecule has 16 heavy (non-hydrogen) atoms. The Balaban J connectivity index is 2.25. The SMILES string of the molecule is COc1ccc2c(c1)OCCN2CC(C)O. The Morgan fingerprint density at radius 3 is 3.06 bits per heavy atom. The summed E-state index contributed by atoms with van der Waals surface area (Å²) in [4.78, 5) is 2.13. The van der Waals surface area contributed by atoms with E-state index in [0.717, 1.165) is 23.7 Å². The molecule has 0 radical (unpaired) electrons. The van der Waals surface area contributed by atoms with Crippen LogP contribution in [0.4, 0.5) is 5.69 Å². The van der Waals surface area contributed by atoms with Gasteiger partial charge in [0.25, 0.3) is 0 Å². The number of benzene rings is 1. The highest BCUT2D eigenvalue weighted by molar-refractivity contribution is 5.62. The first kappa shape index (κ1) is 11.1. The molecule has 1 unspecified atom stereocenters. The van der Waals surface area contributed by atoms with Crippen molar-refractivity contribution in [1.82, 2.24) is 0 Å². The van der Waals surface area contributed by atoms with Crippen molar-refractivity contribution in [3.8, 4) is 11.5 Å². The Hall–Kier alpha value is -1.42. The minimum atomic E-state index is -0.340. The number of anilines is 1. The fourth-order valence-corrected chi connectivity index (χ4v) is 1.89. The van der Waals surface area contributed by atoms with Crippen molar-refractivity contribution in [3.63, 3.8) is 0 Å². The van der Waals surface area contributed by atoms with Gasteiger partial charge in [0.2, 0.25) is 0 Å². The molecule has 0 saturated heterocycles. The molecule has 1 aliphatic heterocycles. The molecule has 88 valence electrons. The molecule has 1 aromatic rings. The van der Waals surface area contributed by atoms with E-state index in [9.17, 15) is 5.11 Å². The first-order valence-corrected chi connectivity index (χ1v) is 5.44. The van der Waals surface area contributed by atoms with E-state index in [0.29, 0.717) is 13.2 Å². The molecule has 1 aliphatic rings. The highest BCUT2D eigenvalue weighted by Gasteiger charge is 2.19. The van der Waals surface area contributed by atoms with Crippen LogP contribution in [-0.2, 0) is 0 Å². The minimum Gasteiger partial charge on any atom is -0.497 e. The van der Waals surface area contributed by atoms with Gasteiger partial charge in [0.1, 0.15) is 18.1 Å².